The molecular formula is C12H12N2O2. The summed E-state index contributed by atoms with van der Waals surface area (Å²) in [6, 6.07) is 11.0. The van der Waals surface area contributed by atoms with E-state index in [1.54, 1.807) is 13.0 Å². The molecule has 0 unspecified atom stereocenters. The van der Waals surface area contributed by atoms with Crippen molar-refractivity contribution in [3.8, 4) is 6.07 Å². The number of para-hydroxylation sites is 1. The maximum absolute atomic E-state index is 11.2. The zero-order valence-corrected chi connectivity index (χ0v) is 8.93. The molecular weight excluding hydrogens is 204 g/mol. The van der Waals surface area contributed by atoms with Gasteiger partial charge >= 0.3 is 5.97 Å². The molecule has 4 nitrogen and oxygen atoms in total. The van der Waals surface area contributed by atoms with Crippen LogP contribution in [0.25, 0.3) is 0 Å². The molecule has 0 heterocycles. The summed E-state index contributed by atoms with van der Waals surface area (Å²) in [5.74, 6) is -0.617. The summed E-state index contributed by atoms with van der Waals surface area (Å²) < 4.78 is 4.71. The Kier molecular flexibility index (Phi) is 4.61. The van der Waals surface area contributed by atoms with Crippen molar-refractivity contribution in [2.45, 2.75) is 6.92 Å². The monoisotopic (exact) mass is 216 g/mol. The second-order valence-corrected chi connectivity index (χ2v) is 2.90. The third kappa shape index (κ3) is 3.46. The van der Waals surface area contributed by atoms with Crippen molar-refractivity contribution >= 4 is 11.7 Å². The fourth-order valence-electron chi connectivity index (χ4n) is 1.04. The molecule has 0 radical (unpaired) electrons. The van der Waals surface area contributed by atoms with Gasteiger partial charge in [-0.1, -0.05) is 18.2 Å². The van der Waals surface area contributed by atoms with Crippen LogP contribution < -0.4 is 5.32 Å². The number of carbonyl (C=O) groups excluding carboxylic acids is 1. The van der Waals surface area contributed by atoms with E-state index in [1.165, 1.54) is 6.20 Å². The van der Waals surface area contributed by atoms with Crippen molar-refractivity contribution in [2.75, 3.05) is 11.9 Å². The Balaban J connectivity index is 2.68. The Morgan fingerprint density at radius 1 is 1.50 bits per heavy atom. The van der Waals surface area contributed by atoms with E-state index in [2.05, 4.69) is 5.32 Å². The molecule has 4 heteroatoms. The number of nitrogens with one attached hydrogen (secondary N) is 1. The highest BCUT2D eigenvalue weighted by Crippen LogP contribution is 2.06. The van der Waals surface area contributed by atoms with Crippen LogP contribution in [0.4, 0.5) is 5.69 Å². The number of hydrogen-bond donors (Lipinski definition) is 1. The smallest absolute Gasteiger partial charge is 0.350 e. The number of nitriles is 1. The number of hydrogen-bond acceptors (Lipinski definition) is 4. The van der Waals surface area contributed by atoms with Crippen molar-refractivity contribution in [3.63, 3.8) is 0 Å². The van der Waals surface area contributed by atoms with Gasteiger partial charge in [0.1, 0.15) is 6.07 Å². The van der Waals surface area contributed by atoms with E-state index in [0.29, 0.717) is 0 Å². The average molecular weight is 216 g/mol. The first-order valence-corrected chi connectivity index (χ1v) is 4.87. The Morgan fingerprint density at radius 3 is 2.75 bits per heavy atom. The van der Waals surface area contributed by atoms with Gasteiger partial charge < -0.3 is 10.1 Å². The Bertz CT molecular complexity index is 418. The molecule has 0 aliphatic rings. The predicted octanol–water partition coefficient (Wildman–Crippen LogP) is 2.07. The van der Waals surface area contributed by atoms with Crippen LogP contribution in [-0.2, 0) is 9.53 Å². The van der Waals surface area contributed by atoms with Crippen molar-refractivity contribution in [3.05, 3.63) is 42.1 Å². The lowest BCUT2D eigenvalue weighted by Gasteiger charge is -2.01. The van der Waals surface area contributed by atoms with E-state index in [1.807, 2.05) is 30.3 Å². The fraction of sp³-hybridized carbons (Fsp3) is 0.167. The van der Waals surface area contributed by atoms with Gasteiger partial charge in [-0.05, 0) is 19.1 Å². The maximum atomic E-state index is 11.2. The lowest BCUT2D eigenvalue weighted by molar-refractivity contribution is -0.138. The lowest BCUT2D eigenvalue weighted by atomic mass is 10.3. The number of esters is 1. The summed E-state index contributed by atoms with van der Waals surface area (Å²) in [7, 11) is 0. The van der Waals surface area contributed by atoms with Crippen LogP contribution in [0.1, 0.15) is 6.92 Å². The summed E-state index contributed by atoms with van der Waals surface area (Å²) in [4.78, 5) is 11.2. The number of rotatable bonds is 4. The van der Waals surface area contributed by atoms with Gasteiger partial charge in [-0.2, -0.15) is 5.26 Å². The van der Waals surface area contributed by atoms with Gasteiger partial charge in [-0.3, -0.25) is 0 Å². The van der Waals surface area contributed by atoms with Gasteiger partial charge in [-0.25, -0.2) is 4.79 Å². The second-order valence-electron chi connectivity index (χ2n) is 2.90. The molecule has 0 saturated carbocycles. The molecule has 0 bridgehead atoms. The topological polar surface area (TPSA) is 62.1 Å². The van der Waals surface area contributed by atoms with Gasteiger partial charge in [0.05, 0.1) is 6.61 Å². The zero-order valence-electron chi connectivity index (χ0n) is 8.93. The largest absolute Gasteiger partial charge is 0.462 e. The summed E-state index contributed by atoms with van der Waals surface area (Å²) >= 11 is 0. The number of anilines is 1. The van der Waals surface area contributed by atoms with Crippen LogP contribution in [0.2, 0.25) is 0 Å². The first-order valence-electron chi connectivity index (χ1n) is 4.87. The molecule has 0 aromatic heterocycles. The maximum Gasteiger partial charge on any atom is 0.350 e. The van der Waals surface area contributed by atoms with Gasteiger partial charge in [0, 0.05) is 11.9 Å². The molecule has 1 N–H and O–H groups in total. The zero-order chi connectivity index (χ0) is 11.8. The van der Waals surface area contributed by atoms with E-state index < -0.39 is 5.97 Å². The first kappa shape index (κ1) is 11.8. The van der Waals surface area contributed by atoms with Gasteiger partial charge in [0.2, 0.25) is 0 Å². The van der Waals surface area contributed by atoms with Crippen molar-refractivity contribution in [2.24, 2.45) is 0 Å². The molecule has 82 valence electrons. The number of benzene rings is 1. The summed E-state index contributed by atoms with van der Waals surface area (Å²) in [5, 5.41) is 11.6. The normalized spacial score (nSPS) is 10.4. The van der Waals surface area contributed by atoms with Gasteiger partial charge in [0.15, 0.2) is 5.57 Å². The Hall–Kier alpha value is -2.28. The molecule has 0 atom stereocenters. The second kappa shape index (κ2) is 6.25. The minimum absolute atomic E-state index is 0.0503. The first-order chi connectivity index (χ1) is 7.77. The Labute approximate surface area is 94.1 Å². The predicted molar refractivity (Wildman–Crippen MR) is 60.4 cm³/mol. The molecule has 0 fully saturated rings. The fourth-order valence-corrected chi connectivity index (χ4v) is 1.04. The number of ether oxygens (including phenoxy) is 1. The SMILES string of the molecule is CCOC(=O)C(C#N)=CNc1ccccc1. The van der Waals surface area contributed by atoms with Crippen LogP contribution in [0.15, 0.2) is 42.1 Å². The molecule has 1 aromatic rings. The molecule has 1 rings (SSSR count). The van der Waals surface area contributed by atoms with Crippen LogP contribution in [-0.4, -0.2) is 12.6 Å². The molecule has 0 spiro atoms. The van der Waals surface area contributed by atoms with Crippen LogP contribution in [0.3, 0.4) is 0 Å². The van der Waals surface area contributed by atoms with Crippen LogP contribution in [0, 0.1) is 11.3 Å². The highest BCUT2D eigenvalue weighted by Gasteiger charge is 2.08. The summed E-state index contributed by atoms with van der Waals surface area (Å²) in [5.41, 5.74) is 0.755. The van der Waals surface area contributed by atoms with E-state index >= 15 is 0 Å². The molecule has 0 amide bonds. The molecule has 16 heavy (non-hydrogen) atoms. The van der Waals surface area contributed by atoms with E-state index in [0.717, 1.165) is 5.69 Å². The minimum atomic E-state index is -0.617. The summed E-state index contributed by atoms with van der Waals surface area (Å²) in [6.07, 6.45) is 1.34. The van der Waals surface area contributed by atoms with Crippen molar-refractivity contribution in [1.29, 1.82) is 5.26 Å². The van der Waals surface area contributed by atoms with Gasteiger partial charge in [-0.15, -0.1) is 0 Å². The van der Waals surface area contributed by atoms with E-state index in [4.69, 9.17) is 10.00 Å². The lowest BCUT2D eigenvalue weighted by Crippen LogP contribution is -2.07. The number of nitrogens with zero attached hydrogens (tertiary/aromatic N) is 1. The molecule has 1 aromatic carbocycles. The Morgan fingerprint density at radius 2 is 2.19 bits per heavy atom. The van der Waals surface area contributed by atoms with Crippen LogP contribution in [0.5, 0.6) is 0 Å². The third-order valence-corrected chi connectivity index (χ3v) is 1.77. The molecule has 0 saturated heterocycles. The van der Waals surface area contributed by atoms with Crippen LogP contribution >= 0.6 is 0 Å². The quantitative estimate of drug-likeness (QED) is 0.475. The average Bonchev–Trinajstić information content (AvgIpc) is 2.31. The minimum Gasteiger partial charge on any atom is -0.462 e. The van der Waals surface area contributed by atoms with E-state index in [9.17, 15) is 4.79 Å². The molecule has 0 aliphatic heterocycles. The van der Waals surface area contributed by atoms with E-state index in [-0.39, 0.29) is 12.2 Å². The third-order valence-electron chi connectivity index (χ3n) is 1.77. The number of carbonyl (C=O) groups is 1. The highest BCUT2D eigenvalue weighted by molar-refractivity contribution is 5.93. The van der Waals surface area contributed by atoms with Crippen molar-refractivity contribution in [1.82, 2.24) is 0 Å². The van der Waals surface area contributed by atoms with Crippen molar-refractivity contribution < 1.29 is 9.53 Å². The van der Waals surface area contributed by atoms with Gasteiger partial charge in [0.25, 0.3) is 0 Å². The standard InChI is InChI=1S/C12H12N2O2/c1-2-16-12(15)10(8-13)9-14-11-6-4-3-5-7-11/h3-7,9,14H,2H2,1H3. The highest BCUT2D eigenvalue weighted by atomic mass is 16.5. The summed E-state index contributed by atoms with van der Waals surface area (Å²) in [6.45, 7) is 1.95. The molecule has 0 aliphatic carbocycles.